The maximum absolute atomic E-state index is 14.4. The fourth-order valence-corrected chi connectivity index (χ4v) is 5.36. The van der Waals surface area contributed by atoms with Crippen LogP contribution in [0.15, 0.2) is 42.5 Å². The molecule has 2 aromatic carbocycles. The summed E-state index contributed by atoms with van der Waals surface area (Å²) < 4.78 is 27.8. The van der Waals surface area contributed by atoms with Crippen molar-refractivity contribution < 1.29 is 23.2 Å². The van der Waals surface area contributed by atoms with Gasteiger partial charge in [0.05, 0.1) is 0 Å². The molecule has 36 heavy (non-hydrogen) atoms. The second-order valence-corrected chi connectivity index (χ2v) is 9.69. The van der Waals surface area contributed by atoms with Gasteiger partial charge < -0.3 is 14.7 Å². The van der Waals surface area contributed by atoms with Gasteiger partial charge in [-0.15, -0.1) is 0 Å². The minimum atomic E-state index is -0.629. The molecule has 4 rings (SSSR count). The Labute approximate surface area is 210 Å². The normalized spacial score (nSPS) is 17.4. The number of likely N-dealkylation sites (tertiary alicyclic amines) is 1. The van der Waals surface area contributed by atoms with Crippen LogP contribution in [0.25, 0.3) is 0 Å². The van der Waals surface area contributed by atoms with Crippen molar-refractivity contribution >= 4 is 23.4 Å². The maximum atomic E-state index is 14.4. The number of benzene rings is 2. The molecule has 2 aromatic rings. The summed E-state index contributed by atoms with van der Waals surface area (Å²) in [6, 6.07) is 10.5. The third-order valence-electron chi connectivity index (χ3n) is 7.49. The van der Waals surface area contributed by atoms with Crippen molar-refractivity contribution in [2.45, 2.75) is 51.5 Å². The molecule has 8 heteroatoms. The largest absolute Gasteiger partial charge is 0.342 e. The Balaban J connectivity index is 1.45. The molecule has 0 unspecified atom stereocenters. The predicted octanol–water partition coefficient (Wildman–Crippen LogP) is 4.42. The number of hydrogen-bond donors (Lipinski definition) is 0. The lowest BCUT2D eigenvalue weighted by atomic mass is 9.84. The highest BCUT2D eigenvalue weighted by molar-refractivity contribution is 5.99. The summed E-state index contributed by atoms with van der Waals surface area (Å²) >= 11 is 0. The van der Waals surface area contributed by atoms with Gasteiger partial charge in [0, 0.05) is 62.9 Å². The number of carbonyl (C=O) groups excluding carboxylic acids is 3. The van der Waals surface area contributed by atoms with Crippen LogP contribution in [0, 0.1) is 17.6 Å². The number of piperidine rings is 1. The first-order valence-electron chi connectivity index (χ1n) is 12.7. The fraction of sp³-hybridized carbons (Fsp3) is 0.464. The van der Waals surface area contributed by atoms with E-state index in [2.05, 4.69) is 0 Å². The summed E-state index contributed by atoms with van der Waals surface area (Å²) in [5.41, 5.74) is 1.68. The standard InChI is InChI=1S/C28H33F2N3O3/c1-3-26(34)31(2)25(17-20-9-10-22(29)18-24(20)30)19-11-14-32(15-12-19)28(36)21-6-4-7-23(16-21)33-13-5-8-27(33)35/h4,6-7,9-10,16,18-19,25H,3,5,8,11-15,17H2,1-2H3/t25-/m0/s1. The van der Waals surface area contributed by atoms with Crippen LogP contribution < -0.4 is 4.90 Å². The molecular weight excluding hydrogens is 464 g/mol. The molecule has 0 bridgehead atoms. The zero-order chi connectivity index (χ0) is 25.8. The molecule has 2 heterocycles. The van der Waals surface area contributed by atoms with E-state index in [0.717, 1.165) is 18.2 Å². The smallest absolute Gasteiger partial charge is 0.253 e. The highest BCUT2D eigenvalue weighted by Gasteiger charge is 2.33. The number of likely N-dealkylation sites (N-methyl/N-ethyl adjacent to an activating group) is 1. The zero-order valence-electron chi connectivity index (χ0n) is 20.9. The topological polar surface area (TPSA) is 60.9 Å². The summed E-state index contributed by atoms with van der Waals surface area (Å²) in [6.07, 6.45) is 3.33. The molecule has 0 aromatic heterocycles. The predicted molar refractivity (Wildman–Crippen MR) is 134 cm³/mol. The summed E-state index contributed by atoms with van der Waals surface area (Å²) in [5.74, 6) is -1.20. The van der Waals surface area contributed by atoms with Gasteiger partial charge in [0.15, 0.2) is 0 Å². The number of carbonyl (C=O) groups is 3. The Morgan fingerprint density at radius 2 is 1.83 bits per heavy atom. The molecule has 6 nitrogen and oxygen atoms in total. The van der Waals surface area contributed by atoms with Crippen molar-refractivity contribution in [1.82, 2.24) is 9.80 Å². The van der Waals surface area contributed by atoms with Crippen LogP contribution in [0.5, 0.6) is 0 Å². The van der Waals surface area contributed by atoms with Gasteiger partial charge in [-0.25, -0.2) is 8.78 Å². The van der Waals surface area contributed by atoms with E-state index in [-0.39, 0.29) is 29.7 Å². The maximum Gasteiger partial charge on any atom is 0.253 e. The molecule has 1 atom stereocenters. The first-order chi connectivity index (χ1) is 17.3. The van der Waals surface area contributed by atoms with E-state index < -0.39 is 11.6 Å². The Bertz CT molecular complexity index is 1130. The van der Waals surface area contributed by atoms with Crippen LogP contribution >= 0.6 is 0 Å². The Morgan fingerprint density at radius 3 is 2.47 bits per heavy atom. The average Bonchev–Trinajstić information content (AvgIpc) is 3.33. The van der Waals surface area contributed by atoms with Gasteiger partial charge in [0.25, 0.3) is 5.91 Å². The molecule has 0 radical (unpaired) electrons. The highest BCUT2D eigenvalue weighted by atomic mass is 19.1. The number of amides is 3. The number of hydrogen-bond acceptors (Lipinski definition) is 3. The van der Waals surface area contributed by atoms with E-state index in [1.165, 1.54) is 12.1 Å². The number of anilines is 1. The molecule has 0 spiro atoms. The van der Waals surface area contributed by atoms with Crippen LogP contribution in [0.4, 0.5) is 14.5 Å². The molecule has 0 aliphatic carbocycles. The first kappa shape index (κ1) is 25.8. The SMILES string of the molecule is CCC(=O)N(C)[C@@H](Cc1ccc(F)cc1F)C1CCN(C(=O)c2cccc(N3CCCC3=O)c2)CC1. The van der Waals surface area contributed by atoms with E-state index in [9.17, 15) is 23.2 Å². The third-order valence-corrected chi connectivity index (χ3v) is 7.49. The van der Waals surface area contributed by atoms with Gasteiger partial charge in [0.2, 0.25) is 11.8 Å². The van der Waals surface area contributed by atoms with Crippen molar-refractivity contribution in [3.63, 3.8) is 0 Å². The van der Waals surface area contributed by atoms with Crippen LogP contribution in [0.1, 0.15) is 54.9 Å². The van der Waals surface area contributed by atoms with Crippen molar-refractivity contribution in [2.24, 2.45) is 5.92 Å². The number of nitrogens with zero attached hydrogens (tertiary/aromatic N) is 3. The van der Waals surface area contributed by atoms with Crippen molar-refractivity contribution in [2.75, 3.05) is 31.6 Å². The average molecular weight is 498 g/mol. The van der Waals surface area contributed by atoms with Gasteiger partial charge in [-0.05, 0) is 61.4 Å². The molecule has 0 N–H and O–H groups in total. The lowest BCUT2D eigenvalue weighted by Gasteiger charge is -2.40. The Hall–Kier alpha value is -3.29. The monoisotopic (exact) mass is 497 g/mol. The van der Waals surface area contributed by atoms with Gasteiger partial charge >= 0.3 is 0 Å². The second kappa shape index (κ2) is 11.2. The molecule has 2 saturated heterocycles. The summed E-state index contributed by atoms with van der Waals surface area (Å²) in [4.78, 5) is 43.1. The lowest BCUT2D eigenvalue weighted by Crippen LogP contribution is -2.48. The minimum absolute atomic E-state index is 0.0331. The molecular formula is C28H33F2N3O3. The number of halogens is 2. The second-order valence-electron chi connectivity index (χ2n) is 9.69. The van der Waals surface area contributed by atoms with Crippen molar-refractivity contribution in [1.29, 1.82) is 0 Å². The van der Waals surface area contributed by atoms with E-state index in [4.69, 9.17) is 0 Å². The fourth-order valence-electron chi connectivity index (χ4n) is 5.36. The van der Waals surface area contributed by atoms with Gasteiger partial charge in [-0.2, -0.15) is 0 Å². The van der Waals surface area contributed by atoms with Crippen LogP contribution in [-0.2, 0) is 16.0 Å². The van der Waals surface area contributed by atoms with E-state index >= 15 is 0 Å². The van der Waals surface area contributed by atoms with E-state index in [0.29, 0.717) is 62.9 Å². The number of rotatable bonds is 7. The minimum Gasteiger partial charge on any atom is -0.342 e. The van der Waals surface area contributed by atoms with Crippen LogP contribution in [0.2, 0.25) is 0 Å². The Kier molecular flexibility index (Phi) is 8.01. The van der Waals surface area contributed by atoms with E-state index in [1.54, 1.807) is 46.9 Å². The molecule has 0 saturated carbocycles. The summed E-state index contributed by atoms with van der Waals surface area (Å²) in [6.45, 7) is 3.50. The van der Waals surface area contributed by atoms with Crippen LogP contribution in [-0.4, -0.2) is 60.2 Å². The molecule has 192 valence electrons. The van der Waals surface area contributed by atoms with E-state index in [1.807, 2.05) is 6.07 Å². The third kappa shape index (κ3) is 5.58. The Morgan fingerprint density at radius 1 is 1.08 bits per heavy atom. The van der Waals surface area contributed by atoms with Gasteiger partial charge in [-0.1, -0.05) is 19.1 Å². The van der Waals surface area contributed by atoms with Gasteiger partial charge in [0.1, 0.15) is 11.6 Å². The molecule has 2 aliphatic heterocycles. The van der Waals surface area contributed by atoms with Crippen LogP contribution in [0.3, 0.4) is 0 Å². The quantitative estimate of drug-likeness (QED) is 0.569. The van der Waals surface area contributed by atoms with Gasteiger partial charge in [-0.3, -0.25) is 14.4 Å². The summed E-state index contributed by atoms with van der Waals surface area (Å²) in [7, 11) is 1.74. The molecule has 2 fully saturated rings. The lowest BCUT2D eigenvalue weighted by molar-refractivity contribution is -0.133. The summed E-state index contributed by atoms with van der Waals surface area (Å²) in [5, 5.41) is 0. The molecule has 2 aliphatic rings. The molecule has 3 amide bonds. The van der Waals surface area contributed by atoms with Crippen molar-refractivity contribution in [3.8, 4) is 0 Å². The first-order valence-corrected chi connectivity index (χ1v) is 12.7. The zero-order valence-corrected chi connectivity index (χ0v) is 20.9. The van der Waals surface area contributed by atoms with Crippen molar-refractivity contribution in [3.05, 3.63) is 65.2 Å². The highest BCUT2D eigenvalue weighted by Crippen LogP contribution is 2.29.